The van der Waals surface area contributed by atoms with Crippen LogP contribution in [0.3, 0.4) is 0 Å². The first kappa shape index (κ1) is 24.1. The molecular weight excluding hydrogens is 483 g/mol. The number of anilines is 3. The second-order valence-electron chi connectivity index (χ2n) is 9.47. The van der Waals surface area contributed by atoms with E-state index in [0.29, 0.717) is 34.9 Å². The summed E-state index contributed by atoms with van der Waals surface area (Å²) < 4.78 is 41.2. The van der Waals surface area contributed by atoms with Gasteiger partial charge in [-0.25, -0.2) is 12.8 Å². The van der Waals surface area contributed by atoms with Gasteiger partial charge in [-0.3, -0.25) is 23.8 Å². The first-order valence-electron chi connectivity index (χ1n) is 11.6. The van der Waals surface area contributed by atoms with E-state index in [4.69, 9.17) is 0 Å². The molecule has 3 aromatic rings. The molecule has 0 bridgehead atoms. The topological polar surface area (TPSA) is 110 Å². The summed E-state index contributed by atoms with van der Waals surface area (Å²) in [7, 11) is -0.255. The molecule has 1 aliphatic heterocycles. The first-order valence-corrected chi connectivity index (χ1v) is 13.4. The fraction of sp³-hybridized carbons (Fsp3) is 0.360. The average molecular weight is 511 g/mol. The number of fused-ring (bicyclic) bond motifs is 1. The molecular formula is C25H27FN6O3S. The van der Waals surface area contributed by atoms with E-state index in [9.17, 15) is 17.6 Å². The fourth-order valence-electron chi connectivity index (χ4n) is 4.33. The number of halogens is 1. The van der Waals surface area contributed by atoms with Crippen LogP contribution < -0.4 is 9.62 Å². The van der Waals surface area contributed by atoms with Gasteiger partial charge in [0.05, 0.1) is 46.8 Å². The Balaban J connectivity index is 1.55. The molecule has 36 heavy (non-hydrogen) atoms. The number of rotatable bonds is 8. The molecule has 1 saturated carbocycles. The smallest absolute Gasteiger partial charge is 0.232 e. The minimum absolute atomic E-state index is 0.0438. The van der Waals surface area contributed by atoms with Gasteiger partial charge in [0.25, 0.3) is 0 Å². The Bertz CT molecular complexity index is 1510. The molecule has 0 unspecified atom stereocenters. The minimum Gasteiger partial charge on any atom is -0.352 e. The zero-order valence-electron chi connectivity index (χ0n) is 20.5. The van der Waals surface area contributed by atoms with Gasteiger partial charge >= 0.3 is 0 Å². The quantitative estimate of drug-likeness (QED) is 0.495. The van der Waals surface area contributed by atoms with E-state index in [2.05, 4.69) is 20.4 Å². The Morgan fingerprint density at radius 1 is 1.25 bits per heavy atom. The Morgan fingerprint density at radius 2 is 2.00 bits per heavy atom. The highest BCUT2D eigenvalue weighted by Gasteiger charge is 2.43. The average Bonchev–Trinajstić information content (AvgIpc) is 3.18. The zero-order chi connectivity index (χ0) is 25.8. The summed E-state index contributed by atoms with van der Waals surface area (Å²) in [4.78, 5) is 21.7. The van der Waals surface area contributed by atoms with Crippen LogP contribution in [0, 0.1) is 5.92 Å². The summed E-state index contributed by atoms with van der Waals surface area (Å²) >= 11 is 0. The minimum atomic E-state index is -3.56. The molecule has 2 atom stereocenters. The molecule has 188 valence electrons. The molecule has 2 aromatic heterocycles. The molecule has 11 heteroatoms. The van der Waals surface area contributed by atoms with Crippen LogP contribution in [0.25, 0.3) is 11.1 Å². The molecule has 9 nitrogen and oxygen atoms in total. The van der Waals surface area contributed by atoms with E-state index < -0.39 is 22.1 Å². The molecule has 5 rings (SSSR count). The highest BCUT2D eigenvalue weighted by atomic mass is 32.2. The standard InChI is InChI=1S/C25H27FN6O3S/c1-14-7-21-25(28-14)22(9-17(29-21)10-24(33)18-11-19(18)26)30-20-6-5-15(16-12-27-31(2)13-16)8-23(20)32(3)36(4,34)35/h5-6,8-9,12-13,18-19H,7,10-11H2,1-4H3,(H,29,30)/t18-,19-/m0/s1. The number of carbonyl (C=O) groups is 1. The van der Waals surface area contributed by atoms with Crippen LogP contribution in [0.4, 0.5) is 27.1 Å². The van der Waals surface area contributed by atoms with Crippen molar-refractivity contribution >= 4 is 44.3 Å². The highest BCUT2D eigenvalue weighted by Crippen LogP contribution is 2.41. The molecule has 0 amide bonds. The van der Waals surface area contributed by atoms with Gasteiger partial charge in [0.1, 0.15) is 17.6 Å². The Kier molecular flexibility index (Phi) is 5.90. The van der Waals surface area contributed by atoms with Crippen molar-refractivity contribution in [2.45, 2.75) is 32.4 Å². The Hall–Kier alpha value is -3.60. The van der Waals surface area contributed by atoms with Gasteiger partial charge in [-0.2, -0.15) is 5.10 Å². The number of hydrogen-bond acceptors (Lipinski definition) is 7. The van der Waals surface area contributed by atoms with E-state index in [-0.39, 0.29) is 18.6 Å². The molecule has 0 spiro atoms. The predicted molar refractivity (Wildman–Crippen MR) is 138 cm³/mol. The zero-order valence-corrected chi connectivity index (χ0v) is 21.3. The summed E-state index contributed by atoms with van der Waals surface area (Å²) in [5, 5.41) is 7.54. The number of hydrogen-bond donors (Lipinski definition) is 1. The summed E-state index contributed by atoms with van der Waals surface area (Å²) in [5.74, 6) is -0.695. The van der Waals surface area contributed by atoms with E-state index in [0.717, 1.165) is 28.8 Å². The van der Waals surface area contributed by atoms with Crippen molar-refractivity contribution in [3.8, 4) is 11.1 Å². The van der Waals surface area contributed by atoms with Crippen LogP contribution in [-0.4, -0.2) is 54.2 Å². The maximum Gasteiger partial charge on any atom is 0.232 e. The maximum absolute atomic E-state index is 13.4. The lowest BCUT2D eigenvalue weighted by Gasteiger charge is -2.22. The number of aromatic nitrogens is 3. The van der Waals surface area contributed by atoms with E-state index >= 15 is 0 Å². The van der Waals surface area contributed by atoms with Crippen molar-refractivity contribution in [3.05, 3.63) is 48.0 Å². The van der Waals surface area contributed by atoms with Crippen molar-refractivity contribution in [2.75, 3.05) is 22.9 Å². The van der Waals surface area contributed by atoms with Crippen LogP contribution in [0.1, 0.15) is 24.7 Å². The van der Waals surface area contributed by atoms with Crippen LogP contribution in [-0.2, 0) is 34.7 Å². The largest absolute Gasteiger partial charge is 0.352 e. The van der Waals surface area contributed by atoms with Crippen molar-refractivity contribution in [1.82, 2.24) is 14.8 Å². The lowest BCUT2D eigenvalue weighted by atomic mass is 10.1. The van der Waals surface area contributed by atoms with E-state index in [1.54, 1.807) is 29.1 Å². The van der Waals surface area contributed by atoms with Crippen molar-refractivity contribution < 1.29 is 17.6 Å². The summed E-state index contributed by atoms with van der Waals surface area (Å²) in [6.45, 7) is 1.90. The molecule has 3 heterocycles. The molecule has 1 aromatic carbocycles. The third-order valence-corrected chi connectivity index (χ3v) is 7.66. The van der Waals surface area contributed by atoms with Gasteiger partial charge in [-0.1, -0.05) is 6.07 Å². The third-order valence-electron chi connectivity index (χ3n) is 6.47. The summed E-state index contributed by atoms with van der Waals surface area (Å²) in [6, 6.07) is 7.22. The first-order chi connectivity index (χ1) is 17.0. The molecule has 0 radical (unpaired) electrons. The lowest BCUT2D eigenvalue weighted by Crippen LogP contribution is -2.25. The van der Waals surface area contributed by atoms with Crippen LogP contribution in [0.2, 0.25) is 0 Å². The number of ketones is 1. The molecule has 1 N–H and O–H groups in total. The number of pyridine rings is 1. The second kappa shape index (κ2) is 8.81. The van der Waals surface area contributed by atoms with Crippen molar-refractivity contribution in [1.29, 1.82) is 0 Å². The van der Waals surface area contributed by atoms with Crippen LogP contribution in [0.15, 0.2) is 41.7 Å². The van der Waals surface area contributed by atoms with Crippen LogP contribution >= 0.6 is 0 Å². The molecule has 2 aliphatic rings. The number of carbonyl (C=O) groups excluding carboxylic acids is 1. The third kappa shape index (κ3) is 4.75. The number of aliphatic imine (C=N–C) groups is 1. The molecule has 1 fully saturated rings. The predicted octanol–water partition coefficient (Wildman–Crippen LogP) is 3.74. The summed E-state index contributed by atoms with van der Waals surface area (Å²) in [6.07, 6.45) is 4.53. The number of aryl methyl sites for hydroxylation is 1. The monoisotopic (exact) mass is 510 g/mol. The van der Waals surface area contributed by atoms with E-state index in [1.165, 1.54) is 11.4 Å². The summed E-state index contributed by atoms with van der Waals surface area (Å²) in [5.41, 5.74) is 6.08. The van der Waals surface area contributed by atoms with Gasteiger partial charge in [-0.15, -0.1) is 0 Å². The highest BCUT2D eigenvalue weighted by molar-refractivity contribution is 7.92. The molecule has 1 aliphatic carbocycles. The maximum atomic E-state index is 13.4. The fourth-order valence-corrected chi connectivity index (χ4v) is 4.84. The van der Waals surface area contributed by atoms with Crippen molar-refractivity contribution in [2.24, 2.45) is 18.0 Å². The van der Waals surface area contributed by atoms with Gasteiger partial charge < -0.3 is 5.32 Å². The number of nitrogens with one attached hydrogen (secondary N) is 1. The second-order valence-corrected chi connectivity index (χ2v) is 11.5. The Morgan fingerprint density at radius 3 is 2.64 bits per heavy atom. The lowest BCUT2D eigenvalue weighted by molar-refractivity contribution is -0.120. The van der Waals surface area contributed by atoms with Gasteiger partial charge in [-0.05, 0) is 37.1 Å². The number of benzene rings is 1. The van der Waals surface area contributed by atoms with Crippen LogP contribution in [0.5, 0.6) is 0 Å². The molecule has 0 saturated heterocycles. The number of alkyl halides is 1. The van der Waals surface area contributed by atoms with Crippen molar-refractivity contribution in [3.63, 3.8) is 0 Å². The van der Waals surface area contributed by atoms with Gasteiger partial charge in [0.15, 0.2) is 0 Å². The number of Topliss-reactive ketones (excluding diaryl/α,β-unsaturated/α-hetero) is 1. The number of nitrogens with zero attached hydrogens (tertiary/aromatic N) is 5. The SMILES string of the molecule is CC1=Nc2c(Nc3ccc(-c4cnn(C)c4)cc3N(C)S(C)(=O)=O)cc(CC(=O)[C@H]3C[C@@H]3F)nc2C1. The van der Waals surface area contributed by atoms with Gasteiger partial charge in [0.2, 0.25) is 10.0 Å². The number of sulfonamides is 1. The van der Waals surface area contributed by atoms with E-state index in [1.807, 2.05) is 26.2 Å². The van der Waals surface area contributed by atoms with Gasteiger partial charge in [0, 0.05) is 44.4 Å². The normalized spacial score (nSPS) is 18.5. The Labute approximate surface area is 209 Å².